The van der Waals surface area contributed by atoms with Gasteiger partial charge in [0.2, 0.25) is 5.91 Å². The lowest BCUT2D eigenvalue weighted by Gasteiger charge is -2.28. The Labute approximate surface area is 141 Å². The van der Waals surface area contributed by atoms with Crippen LogP contribution in [0.5, 0.6) is 0 Å². The summed E-state index contributed by atoms with van der Waals surface area (Å²) in [6.07, 6.45) is 0. The number of carbonyl (C=O) groups is 1. The van der Waals surface area contributed by atoms with Crippen LogP contribution in [0.4, 0.5) is 5.69 Å². The fraction of sp³-hybridized carbons (Fsp3) is 0.500. The molecule has 3 rings (SSSR count). The molecule has 2 atom stereocenters. The summed E-state index contributed by atoms with van der Waals surface area (Å²) < 4.78 is 24.0. The number of hydrogen-bond donors (Lipinski definition) is 0. The number of fused-ring (bicyclic) bond motifs is 1. The van der Waals surface area contributed by atoms with Gasteiger partial charge in [-0.25, -0.2) is 8.42 Å². The van der Waals surface area contributed by atoms with Gasteiger partial charge in [-0.15, -0.1) is 0 Å². The molecule has 0 bridgehead atoms. The molecule has 23 heavy (non-hydrogen) atoms. The van der Waals surface area contributed by atoms with Crippen LogP contribution in [0.3, 0.4) is 0 Å². The van der Waals surface area contributed by atoms with Crippen LogP contribution < -0.4 is 4.90 Å². The zero-order chi connectivity index (χ0) is 16.8. The van der Waals surface area contributed by atoms with E-state index in [9.17, 15) is 13.2 Å². The molecular weight excluding hydrogens is 332 g/mol. The smallest absolute Gasteiger partial charge is 0.244 e. The number of carbonyl (C=O) groups excluding carboxylic acids is 1. The van der Waals surface area contributed by atoms with Crippen LogP contribution in [0.1, 0.15) is 32.3 Å². The van der Waals surface area contributed by atoms with Crippen molar-refractivity contribution in [2.75, 3.05) is 16.4 Å². The lowest BCUT2D eigenvalue weighted by molar-refractivity contribution is -0.115. The number of nitrogens with zero attached hydrogens (tertiary/aromatic N) is 2. The molecule has 0 saturated carbocycles. The summed E-state index contributed by atoms with van der Waals surface area (Å²) in [5, 5.41) is 0.564. The first-order valence-corrected chi connectivity index (χ1v) is 10.3. The van der Waals surface area contributed by atoms with Gasteiger partial charge in [0.15, 0.2) is 15.0 Å². The first kappa shape index (κ1) is 16.5. The van der Waals surface area contributed by atoms with Crippen molar-refractivity contribution in [2.45, 2.75) is 38.0 Å². The fourth-order valence-corrected chi connectivity index (χ4v) is 7.13. The predicted molar refractivity (Wildman–Crippen MR) is 94.9 cm³/mol. The van der Waals surface area contributed by atoms with Gasteiger partial charge in [-0.2, -0.15) is 4.99 Å². The maximum Gasteiger partial charge on any atom is 0.244 e. The third-order valence-electron chi connectivity index (χ3n) is 4.14. The highest BCUT2D eigenvalue weighted by Crippen LogP contribution is 2.43. The molecule has 0 spiro atoms. The lowest BCUT2D eigenvalue weighted by atomic mass is 9.99. The Morgan fingerprint density at radius 2 is 2.00 bits per heavy atom. The highest BCUT2D eigenvalue weighted by molar-refractivity contribution is 8.16. The van der Waals surface area contributed by atoms with E-state index in [1.165, 1.54) is 18.7 Å². The van der Waals surface area contributed by atoms with Gasteiger partial charge in [-0.3, -0.25) is 4.79 Å². The van der Waals surface area contributed by atoms with E-state index in [4.69, 9.17) is 0 Å². The van der Waals surface area contributed by atoms with Crippen LogP contribution in [0.2, 0.25) is 0 Å². The Bertz CT molecular complexity index is 771. The molecule has 1 amide bonds. The van der Waals surface area contributed by atoms with E-state index in [1.807, 2.05) is 29.2 Å². The minimum Gasteiger partial charge on any atom is -0.315 e. The van der Waals surface area contributed by atoms with E-state index < -0.39 is 9.84 Å². The van der Waals surface area contributed by atoms with Crippen LogP contribution in [0, 0.1) is 0 Å². The molecule has 1 aromatic carbocycles. The van der Waals surface area contributed by atoms with Crippen LogP contribution in [-0.2, 0) is 14.6 Å². The topological polar surface area (TPSA) is 66.8 Å². The van der Waals surface area contributed by atoms with E-state index >= 15 is 0 Å². The quantitative estimate of drug-likeness (QED) is 0.818. The molecule has 2 heterocycles. The summed E-state index contributed by atoms with van der Waals surface area (Å²) in [6, 6.07) is 7.80. The molecule has 2 saturated heterocycles. The number of amidine groups is 1. The van der Waals surface area contributed by atoms with Crippen molar-refractivity contribution in [1.82, 2.24) is 0 Å². The standard InChI is InChI=1S/C16H20N2O3S2/c1-10(2)12-6-4-5-7-13(12)18-14-8-23(20,21)9-15(14)22-16(18)17-11(3)19/h4-7,10,14-15H,8-9H2,1-3H3/t14-,15-/m1/s1. The van der Waals surface area contributed by atoms with Gasteiger partial charge in [0.05, 0.1) is 17.5 Å². The molecule has 2 aliphatic rings. The number of rotatable bonds is 2. The van der Waals surface area contributed by atoms with Crippen molar-refractivity contribution in [3.05, 3.63) is 29.8 Å². The van der Waals surface area contributed by atoms with Crippen LogP contribution in [-0.4, -0.2) is 42.3 Å². The number of para-hydroxylation sites is 1. The Hall–Kier alpha value is -1.34. The average molecular weight is 352 g/mol. The van der Waals surface area contributed by atoms with Crippen LogP contribution in [0.25, 0.3) is 0 Å². The monoisotopic (exact) mass is 352 g/mol. The minimum atomic E-state index is -3.03. The van der Waals surface area contributed by atoms with Gasteiger partial charge in [0.1, 0.15) is 0 Å². The van der Waals surface area contributed by atoms with Crippen molar-refractivity contribution in [3.63, 3.8) is 0 Å². The third-order valence-corrected chi connectivity index (χ3v) is 7.35. The van der Waals surface area contributed by atoms with Gasteiger partial charge in [-0.1, -0.05) is 43.8 Å². The third kappa shape index (κ3) is 3.17. The fourth-order valence-electron chi connectivity index (χ4n) is 3.18. The molecule has 2 fully saturated rings. The second-order valence-corrected chi connectivity index (χ2v) is 9.66. The summed E-state index contributed by atoms with van der Waals surface area (Å²) >= 11 is 1.41. The lowest BCUT2D eigenvalue weighted by Crippen LogP contribution is -2.38. The number of amides is 1. The number of benzene rings is 1. The molecule has 0 radical (unpaired) electrons. The Balaban J connectivity index is 2.11. The van der Waals surface area contributed by atoms with Crippen molar-refractivity contribution in [2.24, 2.45) is 4.99 Å². The molecule has 1 aromatic rings. The molecule has 0 aromatic heterocycles. The Kier molecular flexibility index (Phi) is 4.27. The number of anilines is 1. The molecular formula is C16H20N2O3S2. The zero-order valence-electron chi connectivity index (χ0n) is 13.4. The van der Waals surface area contributed by atoms with E-state index in [0.717, 1.165) is 11.3 Å². The number of sulfone groups is 1. The average Bonchev–Trinajstić information content (AvgIpc) is 2.88. The molecule has 7 heteroatoms. The summed E-state index contributed by atoms with van der Waals surface area (Å²) in [5.41, 5.74) is 2.09. The molecule has 124 valence electrons. The van der Waals surface area contributed by atoms with Gasteiger partial charge in [0.25, 0.3) is 0 Å². The maximum atomic E-state index is 12.0. The molecule has 2 aliphatic heterocycles. The molecule has 0 aliphatic carbocycles. The molecule has 0 N–H and O–H groups in total. The Morgan fingerprint density at radius 3 is 2.65 bits per heavy atom. The second-order valence-electron chi connectivity index (χ2n) is 6.30. The van der Waals surface area contributed by atoms with Crippen molar-refractivity contribution >= 4 is 38.4 Å². The van der Waals surface area contributed by atoms with Crippen molar-refractivity contribution in [3.8, 4) is 0 Å². The minimum absolute atomic E-state index is 0.0571. The SMILES string of the molecule is CC(=O)N=C1S[C@@H]2CS(=O)(=O)C[C@H]2N1c1ccccc1C(C)C. The van der Waals surface area contributed by atoms with E-state index in [0.29, 0.717) is 11.1 Å². The van der Waals surface area contributed by atoms with Crippen molar-refractivity contribution in [1.29, 1.82) is 0 Å². The van der Waals surface area contributed by atoms with Crippen LogP contribution >= 0.6 is 11.8 Å². The van der Waals surface area contributed by atoms with Gasteiger partial charge >= 0.3 is 0 Å². The van der Waals surface area contributed by atoms with Gasteiger partial charge in [0, 0.05) is 17.9 Å². The first-order valence-electron chi connectivity index (χ1n) is 7.63. The summed E-state index contributed by atoms with van der Waals surface area (Å²) in [4.78, 5) is 17.6. The second kappa shape index (κ2) is 5.94. The zero-order valence-corrected chi connectivity index (χ0v) is 15.0. The van der Waals surface area contributed by atoms with Gasteiger partial charge in [-0.05, 0) is 17.5 Å². The normalized spacial score (nSPS) is 27.7. The number of hydrogen-bond acceptors (Lipinski definition) is 4. The highest BCUT2D eigenvalue weighted by atomic mass is 32.2. The summed E-state index contributed by atoms with van der Waals surface area (Å²) in [6.45, 7) is 5.63. The Morgan fingerprint density at radius 1 is 1.30 bits per heavy atom. The molecule has 0 unspecified atom stereocenters. The van der Waals surface area contributed by atoms with E-state index in [1.54, 1.807) is 0 Å². The largest absolute Gasteiger partial charge is 0.315 e. The van der Waals surface area contributed by atoms with Gasteiger partial charge < -0.3 is 4.90 Å². The number of thioether (sulfide) groups is 1. The summed E-state index contributed by atoms with van der Waals surface area (Å²) in [7, 11) is -3.03. The number of aliphatic imine (C=N–C) groups is 1. The van der Waals surface area contributed by atoms with Crippen LogP contribution in [0.15, 0.2) is 29.3 Å². The highest BCUT2D eigenvalue weighted by Gasteiger charge is 2.49. The summed E-state index contributed by atoms with van der Waals surface area (Å²) in [5.74, 6) is 0.308. The molecule has 5 nitrogen and oxygen atoms in total. The maximum absolute atomic E-state index is 12.0. The van der Waals surface area contributed by atoms with E-state index in [2.05, 4.69) is 18.8 Å². The first-order chi connectivity index (χ1) is 10.8. The van der Waals surface area contributed by atoms with E-state index in [-0.39, 0.29) is 28.7 Å². The van der Waals surface area contributed by atoms with Crippen molar-refractivity contribution < 1.29 is 13.2 Å². The predicted octanol–water partition coefficient (Wildman–Crippen LogP) is 2.43.